The van der Waals surface area contributed by atoms with Gasteiger partial charge in [-0.05, 0) is 25.1 Å². The molecule has 0 saturated heterocycles. The van der Waals surface area contributed by atoms with Gasteiger partial charge in [0.25, 0.3) is 0 Å². The molecule has 1 aromatic carbocycles. The molecule has 0 spiro atoms. The Bertz CT molecular complexity index is 558. The number of nitrogens with one attached hydrogen (secondary N) is 1. The molecule has 0 atom stereocenters. The highest BCUT2D eigenvalue weighted by atomic mass is 35.5. The molecule has 0 fully saturated rings. The van der Waals surface area contributed by atoms with Crippen molar-refractivity contribution >= 4 is 21.4 Å². The van der Waals surface area contributed by atoms with Crippen molar-refractivity contribution in [2.45, 2.75) is 30.5 Å². The molecule has 0 unspecified atom stereocenters. The highest BCUT2D eigenvalue weighted by Crippen LogP contribution is 2.24. The molecule has 0 bridgehead atoms. The smallest absolute Gasteiger partial charge is 0.313 e. The number of sulfone groups is 1. The molecule has 20 heavy (non-hydrogen) atoms. The van der Waals surface area contributed by atoms with Crippen LogP contribution in [0.25, 0.3) is 0 Å². The molecule has 0 aliphatic heterocycles. The fourth-order valence-corrected chi connectivity index (χ4v) is 2.94. The summed E-state index contributed by atoms with van der Waals surface area (Å²) >= 11 is 5.94. The Labute approximate surface area is 121 Å². The van der Waals surface area contributed by atoms with Crippen molar-refractivity contribution in [1.82, 2.24) is 5.32 Å². The van der Waals surface area contributed by atoms with Crippen molar-refractivity contribution in [2.75, 3.05) is 12.8 Å². The number of halogens is 4. The van der Waals surface area contributed by atoms with Crippen LogP contribution in [-0.4, -0.2) is 27.4 Å². The summed E-state index contributed by atoms with van der Waals surface area (Å²) in [6, 6.07) is 4.49. The van der Waals surface area contributed by atoms with Gasteiger partial charge in [-0.1, -0.05) is 17.7 Å². The maximum atomic E-state index is 12.0. The zero-order valence-corrected chi connectivity index (χ0v) is 12.4. The van der Waals surface area contributed by atoms with Crippen molar-refractivity contribution < 1.29 is 21.6 Å². The Morgan fingerprint density at radius 1 is 1.30 bits per heavy atom. The van der Waals surface area contributed by atoms with E-state index in [0.29, 0.717) is 5.56 Å². The highest BCUT2D eigenvalue weighted by Gasteiger charge is 2.25. The summed E-state index contributed by atoms with van der Waals surface area (Å²) in [6.07, 6.45) is -4.06. The molecule has 3 nitrogen and oxygen atoms in total. The third-order valence-electron chi connectivity index (χ3n) is 2.59. The van der Waals surface area contributed by atoms with E-state index in [2.05, 4.69) is 5.32 Å². The molecule has 1 rings (SSSR count). The van der Waals surface area contributed by atoms with Crippen LogP contribution >= 0.6 is 11.6 Å². The Hall–Kier alpha value is -0.790. The molecule has 0 radical (unpaired) electrons. The predicted molar refractivity (Wildman–Crippen MR) is 71.6 cm³/mol. The Morgan fingerprint density at radius 3 is 2.50 bits per heavy atom. The maximum Gasteiger partial charge on any atom is 0.389 e. The Balaban J connectivity index is 2.65. The molecular formula is C12H15ClF3NO2S. The lowest BCUT2D eigenvalue weighted by molar-refractivity contribution is -0.135. The van der Waals surface area contributed by atoms with Gasteiger partial charge in [0.15, 0.2) is 9.84 Å². The minimum absolute atomic E-state index is 0.0673. The van der Waals surface area contributed by atoms with Crippen LogP contribution in [0.1, 0.15) is 18.4 Å². The minimum atomic E-state index is -4.18. The lowest BCUT2D eigenvalue weighted by Gasteiger charge is -2.11. The van der Waals surface area contributed by atoms with Gasteiger partial charge < -0.3 is 5.32 Å². The number of benzene rings is 1. The van der Waals surface area contributed by atoms with Gasteiger partial charge >= 0.3 is 6.18 Å². The molecule has 0 aliphatic carbocycles. The van der Waals surface area contributed by atoms with E-state index < -0.39 is 22.4 Å². The molecule has 114 valence electrons. The van der Waals surface area contributed by atoms with Crippen LogP contribution in [0.15, 0.2) is 23.1 Å². The van der Waals surface area contributed by atoms with Gasteiger partial charge in [-0.3, -0.25) is 0 Å². The molecular weight excluding hydrogens is 315 g/mol. The topological polar surface area (TPSA) is 46.2 Å². The first-order chi connectivity index (χ1) is 9.11. The van der Waals surface area contributed by atoms with Gasteiger partial charge in [-0.25, -0.2) is 8.42 Å². The van der Waals surface area contributed by atoms with Gasteiger partial charge in [-0.15, -0.1) is 0 Å². The van der Waals surface area contributed by atoms with E-state index in [1.807, 2.05) is 0 Å². The van der Waals surface area contributed by atoms with E-state index in [4.69, 9.17) is 11.6 Å². The van der Waals surface area contributed by atoms with Crippen LogP contribution in [-0.2, 0) is 16.4 Å². The fraction of sp³-hybridized carbons (Fsp3) is 0.500. The second-order valence-corrected chi connectivity index (χ2v) is 6.78. The van der Waals surface area contributed by atoms with E-state index >= 15 is 0 Å². The van der Waals surface area contributed by atoms with Gasteiger partial charge in [0.05, 0.1) is 4.90 Å². The van der Waals surface area contributed by atoms with Crippen molar-refractivity contribution in [3.05, 3.63) is 28.8 Å². The first-order valence-electron chi connectivity index (χ1n) is 5.86. The molecule has 1 aromatic rings. The van der Waals surface area contributed by atoms with Gasteiger partial charge in [0.1, 0.15) is 0 Å². The largest absolute Gasteiger partial charge is 0.389 e. The lowest BCUT2D eigenvalue weighted by Crippen LogP contribution is -2.19. The van der Waals surface area contributed by atoms with E-state index in [-0.39, 0.29) is 29.4 Å². The number of hydrogen-bond acceptors (Lipinski definition) is 3. The summed E-state index contributed by atoms with van der Waals surface area (Å²) in [5.41, 5.74) is 0.378. The van der Waals surface area contributed by atoms with Crippen molar-refractivity contribution in [3.8, 4) is 0 Å². The molecule has 0 heterocycles. The van der Waals surface area contributed by atoms with Crippen molar-refractivity contribution in [3.63, 3.8) is 0 Å². The summed E-state index contributed by atoms with van der Waals surface area (Å²) < 4.78 is 59.1. The van der Waals surface area contributed by atoms with Crippen LogP contribution in [0, 0.1) is 0 Å². The molecule has 8 heteroatoms. The summed E-state index contributed by atoms with van der Waals surface area (Å²) in [4.78, 5) is 0.0910. The number of rotatable bonds is 6. The monoisotopic (exact) mass is 329 g/mol. The van der Waals surface area contributed by atoms with Crippen LogP contribution < -0.4 is 5.32 Å². The standard InChI is InChI=1S/C12H15ClF3NO2S/c1-20(18,19)11-5-2-4-10(13)9(11)8-17-7-3-6-12(14,15)16/h2,4-5,17H,3,6-8H2,1H3. The van der Waals surface area contributed by atoms with Crippen molar-refractivity contribution in [2.24, 2.45) is 0 Å². The van der Waals surface area contributed by atoms with E-state index in [9.17, 15) is 21.6 Å². The van der Waals surface area contributed by atoms with Crippen LogP contribution in [0.5, 0.6) is 0 Å². The molecule has 1 N–H and O–H groups in total. The normalized spacial score (nSPS) is 12.7. The second kappa shape index (κ2) is 6.78. The minimum Gasteiger partial charge on any atom is -0.313 e. The van der Waals surface area contributed by atoms with Gasteiger partial charge in [0, 0.05) is 29.8 Å². The highest BCUT2D eigenvalue weighted by molar-refractivity contribution is 7.90. The second-order valence-electron chi connectivity index (χ2n) is 4.38. The first kappa shape index (κ1) is 17.3. The SMILES string of the molecule is CS(=O)(=O)c1cccc(Cl)c1CNCCCC(F)(F)F. The van der Waals surface area contributed by atoms with Crippen LogP contribution in [0.3, 0.4) is 0 Å². The van der Waals surface area contributed by atoms with E-state index in [1.165, 1.54) is 12.1 Å². The average molecular weight is 330 g/mol. The average Bonchev–Trinajstić information content (AvgIpc) is 2.27. The number of hydrogen-bond donors (Lipinski definition) is 1. The third-order valence-corrected chi connectivity index (χ3v) is 4.13. The summed E-state index contributed by atoms with van der Waals surface area (Å²) in [7, 11) is -3.43. The maximum absolute atomic E-state index is 12.0. The number of alkyl halides is 3. The Kier molecular flexibility index (Phi) is 5.85. The molecule has 0 saturated carbocycles. The lowest BCUT2D eigenvalue weighted by atomic mass is 10.2. The first-order valence-corrected chi connectivity index (χ1v) is 8.13. The fourth-order valence-electron chi connectivity index (χ4n) is 1.69. The Morgan fingerprint density at radius 2 is 1.95 bits per heavy atom. The molecule has 0 amide bonds. The quantitative estimate of drug-likeness (QED) is 0.815. The third kappa shape index (κ3) is 5.68. The van der Waals surface area contributed by atoms with E-state index in [1.54, 1.807) is 6.07 Å². The van der Waals surface area contributed by atoms with Crippen LogP contribution in [0.2, 0.25) is 5.02 Å². The van der Waals surface area contributed by atoms with Crippen molar-refractivity contribution in [1.29, 1.82) is 0 Å². The van der Waals surface area contributed by atoms with Gasteiger partial charge in [-0.2, -0.15) is 13.2 Å². The van der Waals surface area contributed by atoms with Crippen LogP contribution in [0.4, 0.5) is 13.2 Å². The molecule has 0 aromatic heterocycles. The summed E-state index contributed by atoms with van der Waals surface area (Å²) in [5.74, 6) is 0. The zero-order chi connectivity index (χ0) is 15.4. The summed E-state index contributed by atoms with van der Waals surface area (Å²) in [6.45, 7) is 0.244. The van der Waals surface area contributed by atoms with E-state index in [0.717, 1.165) is 6.26 Å². The van der Waals surface area contributed by atoms with Gasteiger partial charge in [0.2, 0.25) is 0 Å². The zero-order valence-electron chi connectivity index (χ0n) is 10.8. The predicted octanol–water partition coefficient (Wildman–Crippen LogP) is 3.18. The molecule has 0 aliphatic rings. The summed E-state index contributed by atoms with van der Waals surface area (Å²) in [5, 5.41) is 3.05.